The summed E-state index contributed by atoms with van der Waals surface area (Å²) < 4.78 is 0.983. The van der Waals surface area contributed by atoms with E-state index in [-0.39, 0.29) is 0 Å². The van der Waals surface area contributed by atoms with E-state index in [1.807, 2.05) is 42.5 Å². The molecule has 0 amide bonds. The van der Waals surface area contributed by atoms with Crippen LogP contribution >= 0.6 is 27.5 Å². The average Bonchev–Trinajstić information content (AvgIpc) is 2.42. The van der Waals surface area contributed by atoms with Gasteiger partial charge in [0, 0.05) is 9.86 Å². The van der Waals surface area contributed by atoms with Gasteiger partial charge in [-0.3, -0.25) is 0 Å². The maximum Gasteiger partial charge on any atom is 0.141 e. The van der Waals surface area contributed by atoms with Gasteiger partial charge in [0.2, 0.25) is 0 Å². The molecule has 0 aliphatic heterocycles. The first-order chi connectivity index (χ1) is 9.24. The smallest absolute Gasteiger partial charge is 0.141 e. The number of para-hydroxylation sites is 1. The van der Waals surface area contributed by atoms with Gasteiger partial charge in [-0.25, -0.2) is 9.97 Å². The van der Waals surface area contributed by atoms with Gasteiger partial charge in [0.15, 0.2) is 0 Å². The molecule has 1 N–H and O–H groups in total. The first-order valence-electron chi connectivity index (χ1n) is 5.66. The van der Waals surface area contributed by atoms with Crippen LogP contribution in [-0.4, -0.2) is 9.97 Å². The number of fused-ring (bicyclic) bond motifs is 1. The fraction of sp³-hybridized carbons (Fsp3) is 0. The Hall–Kier alpha value is -1.65. The molecular formula is C14H9BrClN3. The van der Waals surface area contributed by atoms with Gasteiger partial charge >= 0.3 is 0 Å². The molecular weight excluding hydrogens is 326 g/mol. The summed E-state index contributed by atoms with van der Waals surface area (Å²) in [6, 6.07) is 13.4. The molecule has 0 unspecified atom stereocenters. The fourth-order valence-electron chi connectivity index (χ4n) is 1.82. The van der Waals surface area contributed by atoms with E-state index in [0.717, 1.165) is 26.9 Å². The summed E-state index contributed by atoms with van der Waals surface area (Å²) in [7, 11) is 0. The van der Waals surface area contributed by atoms with Crippen molar-refractivity contribution in [2.75, 3.05) is 5.32 Å². The molecule has 19 heavy (non-hydrogen) atoms. The molecule has 0 atom stereocenters. The number of benzene rings is 2. The lowest BCUT2D eigenvalue weighted by Gasteiger charge is -2.09. The molecule has 0 aliphatic rings. The zero-order chi connectivity index (χ0) is 13.2. The van der Waals surface area contributed by atoms with E-state index in [0.29, 0.717) is 5.02 Å². The maximum atomic E-state index is 6.14. The molecule has 5 heteroatoms. The van der Waals surface area contributed by atoms with Crippen LogP contribution in [0.5, 0.6) is 0 Å². The van der Waals surface area contributed by atoms with E-state index >= 15 is 0 Å². The van der Waals surface area contributed by atoms with Crippen molar-refractivity contribution in [3.05, 3.63) is 58.3 Å². The summed E-state index contributed by atoms with van der Waals surface area (Å²) in [5.41, 5.74) is 1.71. The minimum atomic E-state index is 0.657. The van der Waals surface area contributed by atoms with Crippen LogP contribution in [-0.2, 0) is 0 Å². The average molecular weight is 335 g/mol. The molecule has 1 aromatic heterocycles. The second-order valence-electron chi connectivity index (χ2n) is 3.99. The molecule has 3 nitrogen and oxygen atoms in total. The van der Waals surface area contributed by atoms with Gasteiger partial charge in [-0.05, 0) is 30.3 Å². The molecule has 94 valence electrons. The van der Waals surface area contributed by atoms with Crippen LogP contribution in [0.25, 0.3) is 10.9 Å². The van der Waals surface area contributed by atoms with Crippen LogP contribution in [0.4, 0.5) is 11.5 Å². The van der Waals surface area contributed by atoms with E-state index in [4.69, 9.17) is 11.6 Å². The minimum Gasteiger partial charge on any atom is -0.338 e. The first kappa shape index (κ1) is 12.4. The first-order valence-corrected chi connectivity index (χ1v) is 6.83. The number of hydrogen-bond acceptors (Lipinski definition) is 3. The Bertz CT molecular complexity index is 746. The Morgan fingerprint density at radius 2 is 1.89 bits per heavy atom. The van der Waals surface area contributed by atoms with Crippen LogP contribution in [0.1, 0.15) is 0 Å². The normalized spacial score (nSPS) is 10.6. The van der Waals surface area contributed by atoms with Gasteiger partial charge in [-0.1, -0.05) is 39.7 Å². The van der Waals surface area contributed by atoms with E-state index in [9.17, 15) is 0 Å². The predicted octanol–water partition coefficient (Wildman–Crippen LogP) is 4.79. The van der Waals surface area contributed by atoms with Crippen molar-refractivity contribution in [3.8, 4) is 0 Å². The monoisotopic (exact) mass is 333 g/mol. The van der Waals surface area contributed by atoms with Gasteiger partial charge in [0.25, 0.3) is 0 Å². The highest BCUT2D eigenvalue weighted by Crippen LogP contribution is 2.28. The summed E-state index contributed by atoms with van der Waals surface area (Å²) in [5, 5.41) is 4.84. The Morgan fingerprint density at radius 3 is 2.74 bits per heavy atom. The van der Waals surface area contributed by atoms with Crippen molar-refractivity contribution in [3.63, 3.8) is 0 Å². The van der Waals surface area contributed by atoms with Crippen LogP contribution in [0, 0.1) is 0 Å². The van der Waals surface area contributed by atoms with Crippen molar-refractivity contribution in [1.29, 1.82) is 0 Å². The van der Waals surface area contributed by atoms with E-state index < -0.39 is 0 Å². The Labute approximate surface area is 123 Å². The van der Waals surface area contributed by atoms with Crippen LogP contribution in [0.3, 0.4) is 0 Å². The second kappa shape index (κ2) is 5.15. The lowest BCUT2D eigenvalue weighted by molar-refractivity contribution is 1.22. The van der Waals surface area contributed by atoms with Gasteiger partial charge < -0.3 is 5.32 Å². The molecule has 0 aliphatic carbocycles. The van der Waals surface area contributed by atoms with Crippen molar-refractivity contribution in [2.24, 2.45) is 0 Å². The van der Waals surface area contributed by atoms with E-state index in [1.165, 1.54) is 6.33 Å². The highest BCUT2D eigenvalue weighted by molar-refractivity contribution is 9.10. The zero-order valence-corrected chi connectivity index (χ0v) is 12.1. The summed E-state index contributed by atoms with van der Waals surface area (Å²) in [4.78, 5) is 8.52. The Kier molecular flexibility index (Phi) is 3.36. The Morgan fingerprint density at radius 1 is 1.05 bits per heavy atom. The predicted molar refractivity (Wildman–Crippen MR) is 82.0 cm³/mol. The Balaban J connectivity index is 2.10. The molecule has 0 radical (unpaired) electrons. The topological polar surface area (TPSA) is 37.8 Å². The standard InChI is InChI=1S/C14H9BrClN3/c15-9-5-6-12-10(7-9)14(18-8-17-12)19-13-4-2-1-3-11(13)16/h1-8H,(H,17,18,19). The van der Waals surface area contributed by atoms with Crippen LogP contribution < -0.4 is 5.32 Å². The third-order valence-electron chi connectivity index (χ3n) is 2.72. The number of halogens is 2. The highest BCUT2D eigenvalue weighted by atomic mass is 79.9. The molecule has 0 fully saturated rings. The lowest BCUT2D eigenvalue weighted by Crippen LogP contribution is -1.96. The molecule has 2 aromatic carbocycles. The molecule has 0 saturated heterocycles. The summed E-state index contributed by atoms with van der Waals surface area (Å²) in [6.45, 7) is 0. The van der Waals surface area contributed by atoms with Crippen molar-refractivity contribution >= 4 is 49.9 Å². The van der Waals surface area contributed by atoms with Crippen LogP contribution in [0.15, 0.2) is 53.3 Å². The summed E-state index contributed by atoms with van der Waals surface area (Å²) in [5.74, 6) is 0.736. The number of rotatable bonds is 2. The fourth-order valence-corrected chi connectivity index (χ4v) is 2.36. The highest BCUT2D eigenvalue weighted by Gasteiger charge is 2.06. The van der Waals surface area contributed by atoms with E-state index in [2.05, 4.69) is 31.2 Å². The molecule has 0 bridgehead atoms. The zero-order valence-electron chi connectivity index (χ0n) is 9.77. The number of nitrogens with one attached hydrogen (secondary N) is 1. The van der Waals surface area contributed by atoms with Gasteiger partial charge in [0.1, 0.15) is 12.1 Å². The number of aromatic nitrogens is 2. The van der Waals surface area contributed by atoms with Crippen molar-refractivity contribution in [2.45, 2.75) is 0 Å². The van der Waals surface area contributed by atoms with Crippen LogP contribution in [0.2, 0.25) is 5.02 Å². The van der Waals surface area contributed by atoms with Gasteiger partial charge in [-0.2, -0.15) is 0 Å². The van der Waals surface area contributed by atoms with Crippen molar-refractivity contribution in [1.82, 2.24) is 9.97 Å². The van der Waals surface area contributed by atoms with Gasteiger partial charge in [-0.15, -0.1) is 0 Å². The quantitative estimate of drug-likeness (QED) is 0.732. The second-order valence-corrected chi connectivity index (χ2v) is 5.31. The third kappa shape index (κ3) is 2.55. The molecule has 3 rings (SSSR count). The summed E-state index contributed by atoms with van der Waals surface area (Å²) in [6.07, 6.45) is 1.54. The minimum absolute atomic E-state index is 0.657. The SMILES string of the molecule is Clc1ccccc1Nc1ncnc2ccc(Br)cc12. The van der Waals surface area contributed by atoms with E-state index in [1.54, 1.807) is 0 Å². The van der Waals surface area contributed by atoms with Gasteiger partial charge in [0.05, 0.1) is 16.2 Å². The van der Waals surface area contributed by atoms with Crippen molar-refractivity contribution < 1.29 is 0 Å². The number of anilines is 2. The number of nitrogens with zero attached hydrogens (tertiary/aromatic N) is 2. The lowest BCUT2D eigenvalue weighted by atomic mass is 10.2. The summed E-state index contributed by atoms with van der Waals surface area (Å²) >= 11 is 9.60. The molecule has 0 saturated carbocycles. The number of hydrogen-bond donors (Lipinski definition) is 1. The molecule has 0 spiro atoms. The molecule has 3 aromatic rings. The largest absolute Gasteiger partial charge is 0.338 e. The third-order valence-corrected chi connectivity index (χ3v) is 3.55. The maximum absolute atomic E-state index is 6.14. The molecule has 1 heterocycles.